The molecule has 8 heteroatoms. The minimum absolute atomic E-state index is 0.249. The molecular formula is C23H17ClN2O4S. The van der Waals surface area contributed by atoms with E-state index in [1.807, 2.05) is 35.7 Å². The summed E-state index contributed by atoms with van der Waals surface area (Å²) in [4.78, 5) is 25.8. The first-order chi connectivity index (χ1) is 15.0. The van der Waals surface area contributed by atoms with E-state index in [0.717, 1.165) is 5.56 Å². The van der Waals surface area contributed by atoms with E-state index in [1.165, 1.54) is 18.4 Å². The highest BCUT2D eigenvalue weighted by Crippen LogP contribution is 2.37. The molecule has 4 aromatic rings. The van der Waals surface area contributed by atoms with Crippen LogP contribution in [0.1, 0.15) is 26.5 Å². The molecule has 1 amide bonds. The van der Waals surface area contributed by atoms with Crippen LogP contribution in [0.15, 0.2) is 64.5 Å². The number of ether oxygens (including phenoxy) is 1. The van der Waals surface area contributed by atoms with Crippen LogP contribution >= 0.6 is 22.9 Å². The van der Waals surface area contributed by atoms with Crippen molar-refractivity contribution in [1.29, 1.82) is 0 Å². The van der Waals surface area contributed by atoms with Gasteiger partial charge in [-0.1, -0.05) is 65.3 Å². The maximum absolute atomic E-state index is 13.2. The van der Waals surface area contributed by atoms with Crippen molar-refractivity contribution in [3.63, 3.8) is 0 Å². The smallest absolute Gasteiger partial charge is 0.341 e. The average molecular weight is 453 g/mol. The number of nitrogens with zero attached hydrogens (tertiary/aromatic N) is 1. The van der Waals surface area contributed by atoms with Gasteiger partial charge >= 0.3 is 5.97 Å². The number of nitrogens with one attached hydrogen (secondary N) is 1. The highest BCUT2D eigenvalue weighted by atomic mass is 35.5. The first-order valence-corrected chi connectivity index (χ1v) is 10.5. The lowest BCUT2D eigenvalue weighted by Gasteiger charge is -2.08. The lowest BCUT2D eigenvalue weighted by molar-refractivity contribution is 0.0603. The SMILES string of the molecule is COC(=O)c1c(-c2ccccc2)csc1NC(=O)c1c(-c2ccccc2Cl)noc1C. The molecule has 0 aliphatic carbocycles. The van der Waals surface area contributed by atoms with Crippen LogP contribution in [-0.2, 0) is 4.74 Å². The summed E-state index contributed by atoms with van der Waals surface area (Å²) < 4.78 is 10.2. The van der Waals surface area contributed by atoms with E-state index in [1.54, 1.807) is 31.2 Å². The number of halogens is 1. The van der Waals surface area contributed by atoms with Gasteiger partial charge in [-0.15, -0.1) is 11.3 Å². The van der Waals surface area contributed by atoms with E-state index < -0.39 is 11.9 Å². The predicted octanol–water partition coefficient (Wildman–Crippen LogP) is 6.07. The van der Waals surface area contributed by atoms with Gasteiger partial charge in [-0.05, 0) is 18.6 Å². The molecule has 0 aliphatic heterocycles. The summed E-state index contributed by atoms with van der Waals surface area (Å²) in [5.74, 6) is -0.657. The Bertz CT molecular complexity index is 1260. The summed E-state index contributed by atoms with van der Waals surface area (Å²) in [6.07, 6.45) is 0. The number of thiophene rings is 1. The van der Waals surface area contributed by atoms with Crippen molar-refractivity contribution in [1.82, 2.24) is 5.16 Å². The van der Waals surface area contributed by atoms with E-state index in [0.29, 0.717) is 38.2 Å². The number of carbonyl (C=O) groups excluding carboxylic acids is 2. The van der Waals surface area contributed by atoms with E-state index in [-0.39, 0.29) is 5.56 Å². The molecule has 0 unspecified atom stereocenters. The Morgan fingerprint density at radius 3 is 2.45 bits per heavy atom. The second kappa shape index (κ2) is 8.75. The average Bonchev–Trinajstić information content (AvgIpc) is 3.37. The van der Waals surface area contributed by atoms with Gasteiger partial charge in [-0.2, -0.15) is 0 Å². The highest BCUT2D eigenvalue weighted by molar-refractivity contribution is 7.15. The maximum atomic E-state index is 13.2. The molecule has 0 saturated carbocycles. The van der Waals surface area contributed by atoms with Gasteiger partial charge in [0.15, 0.2) is 0 Å². The summed E-state index contributed by atoms with van der Waals surface area (Å²) >= 11 is 7.53. The molecule has 0 atom stereocenters. The normalized spacial score (nSPS) is 10.7. The Morgan fingerprint density at radius 1 is 1.03 bits per heavy atom. The van der Waals surface area contributed by atoms with Gasteiger partial charge in [0.25, 0.3) is 5.91 Å². The summed E-state index contributed by atoms with van der Waals surface area (Å²) in [5.41, 5.74) is 2.98. The predicted molar refractivity (Wildman–Crippen MR) is 121 cm³/mol. The third-order valence-corrected chi connectivity index (χ3v) is 5.94. The lowest BCUT2D eigenvalue weighted by Crippen LogP contribution is -2.15. The molecule has 0 bridgehead atoms. The Balaban J connectivity index is 1.74. The van der Waals surface area contributed by atoms with E-state index >= 15 is 0 Å². The standard InChI is InChI=1S/C23H17ClN2O4S/c1-13-18(20(26-30-13)15-10-6-7-11-17(15)24)21(27)25-22-19(23(28)29-2)16(12-31-22)14-8-4-3-5-9-14/h3-12H,1-2H3,(H,25,27). The van der Waals surface area contributed by atoms with Crippen molar-refractivity contribution in [3.8, 4) is 22.4 Å². The van der Waals surface area contributed by atoms with Crippen LogP contribution < -0.4 is 5.32 Å². The quantitative estimate of drug-likeness (QED) is 0.371. The van der Waals surface area contributed by atoms with Crippen LogP contribution in [0.5, 0.6) is 0 Å². The van der Waals surface area contributed by atoms with Gasteiger partial charge in [-0.25, -0.2) is 4.79 Å². The number of esters is 1. The third-order valence-electron chi connectivity index (χ3n) is 4.71. The van der Waals surface area contributed by atoms with Crippen LogP contribution in [0.3, 0.4) is 0 Å². The van der Waals surface area contributed by atoms with Crippen molar-refractivity contribution in [3.05, 3.63) is 81.9 Å². The zero-order valence-electron chi connectivity index (χ0n) is 16.6. The highest BCUT2D eigenvalue weighted by Gasteiger charge is 2.27. The summed E-state index contributed by atoms with van der Waals surface area (Å²) in [6, 6.07) is 16.5. The van der Waals surface area contributed by atoms with E-state index in [9.17, 15) is 9.59 Å². The number of amides is 1. The van der Waals surface area contributed by atoms with Gasteiger partial charge < -0.3 is 14.6 Å². The number of anilines is 1. The molecule has 2 aromatic heterocycles. The number of aryl methyl sites for hydroxylation is 1. The monoisotopic (exact) mass is 452 g/mol. The molecule has 1 N–H and O–H groups in total. The number of hydrogen-bond donors (Lipinski definition) is 1. The first kappa shape index (κ1) is 20.8. The van der Waals surface area contributed by atoms with Crippen molar-refractivity contribution in [2.45, 2.75) is 6.92 Å². The minimum Gasteiger partial charge on any atom is -0.465 e. The van der Waals surface area contributed by atoms with Gasteiger partial charge in [0.2, 0.25) is 0 Å². The third kappa shape index (κ3) is 3.97. The van der Waals surface area contributed by atoms with Crippen LogP contribution in [0.4, 0.5) is 5.00 Å². The zero-order chi connectivity index (χ0) is 22.0. The summed E-state index contributed by atoms with van der Waals surface area (Å²) in [7, 11) is 1.31. The summed E-state index contributed by atoms with van der Waals surface area (Å²) in [5, 5.41) is 9.49. The Hall–Kier alpha value is -3.42. The van der Waals surface area contributed by atoms with E-state index in [2.05, 4.69) is 10.5 Å². The Morgan fingerprint density at radius 2 is 1.74 bits per heavy atom. The van der Waals surface area contributed by atoms with Crippen molar-refractivity contribution < 1.29 is 18.8 Å². The fourth-order valence-electron chi connectivity index (χ4n) is 3.23. The van der Waals surface area contributed by atoms with Crippen LogP contribution in [0.2, 0.25) is 5.02 Å². The van der Waals surface area contributed by atoms with Crippen molar-refractivity contribution >= 4 is 39.8 Å². The van der Waals surface area contributed by atoms with Crippen molar-refractivity contribution in [2.24, 2.45) is 0 Å². The van der Waals surface area contributed by atoms with Crippen molar-refractivity contribution in [2.75, 3.05) is 12.4 Å². The fraction of sp³-hybridized carbons (Fsp3) is 0.0870. The van der Waals surface area contributed by atoms with Gasteiger partial charge in [0, 0.05) is 16.5 Å². The van der Waals surface area contributed by atoms with Gasteiger partial charge in [0.05, 0.1) is 12.1 Å². The molecule has 0 radical (unpaired) electrons. The zero-order valence-corrected chi connectivity index (χ0v) is 18.2. The van der Waals surface area contributed by atoms with Crippen LogP contribution in [0.25, 0.3) is 22.4 Å². The fourth-order valence-corrected chi connectivity index (χ4v) is 4.40. The molecule has 4 rings (SSSR count). The molecule has 2 heterocycles. The Labute approximate surface area is 187 Å². The molecule has 0 fully saturated rings. The molecule has 156 valence electrons. The topological polar surface area (TPSA) is 81.4 Å². The maximum Gasteiger partial charge on any atom is 0.341 e. The number of benzene rings is 2. The Kier molecular flexibility index (Phi) is 5.88. The molecular weight excluding hydrogens is 436 g/mol. The second-order valence-corrected chi connectivity index (χ2v) is 7.89. The van der Waals surface area contributed by atoms with Gasteiger partial charge in [0.1, 0.15) is 27.6 Å². The number of rotatable bonds is 5. The summed E-state index contributed by atoms with van der Waals surface area (Å²) in [6.45, 7) is 1.65. The number of methoxy groups -OCH3 is 1. The molecule has 0 spiro atoms. The molecule has 6 nitrogen and oxygen atoms in total. The van der Waals surface area contributed by atoms with Gasteiger partial charge in [-0.3, -0.25) is 4.79 Å². The molecule has 31 heavy (non-hydrogen) atoms. The first-order valence-electron chi connectivity index (χ1n) is 9.29. The number of carbonyl (C=O) groups is 2. The van der Waals surface area contributed by atoms with Crippen LogP contribution in [-0.4, -0.2) is 24.1 Å². The molecule has 2 aromatic carbocycles. The van der Waals surface area contributed by atoms with Crippen LogP contribution in [0, 0.1) is 6.92 Å². The lowest BCUT2D eigenvalue weighted by atomic mass is 10.0. The number of aromatic nitrogens is 1. The van der Waals surface area contributed by atoms with E-state index in [4.69, 9.17) is 20.9 Å². The molecule has 0 saturated heterocycles. The minimum atomic E-state index is -0.538. The number of hydrogen-bond acceptors (Lipinski definition) is 6. The largest absolute Gasteiger partial charge is 0.465 e. The second-order valence-electron chi connectivity index (χ2n) is 6.61. The molecule has 0 aliphatic rings.